The number of hydrogen-bond donors (Lipinski definition) is 0. The molecular formula is C22H25F6N3O3Si. The highest BCUT2D eigenvalue weighted by Gasteiger charge is 2.38. The third kappa shape index (κ3) is 6.66. The molecule has 0 fully saturated rings. The topological polar surface area (TPSA) is 57.8 Å². The van der Waals surface area contributed by atoms with Gasteiger partial charge < -0.3 is 9.47 Å². The van der Waals surface area contributed by atoms with Crippen LogP contribution in [0.5, 0.6) is 5.75 Å². The van der Waals surface area contributed by atoms with Gasteiger partial charge in [-0.1, -0.05) is 31.8 Å². The zero-order valence-electron chi connectivity index (χ0n) is 19.5. The van der Waals surface area contributed by atoms with Crippen LogP contribution in [0.25, 0.3) is 16.9 Å². The molecule has 1 aromatic carbocycles. The van der Waals surface area contributed by atoms with E-state index in [0.717, 1.165) is 34.7 Å². The molecule has 192 valence electrons. The first-order valence-corrected chi connectivity index (χ1v) is 14.3. The smallest absolute Gasteiger partial charge is 0.434 e. The summed E-state index contributed by atoms with van der Waals surface area (Å²) in [5.41, 5.74) is -2.75. The van der Waals surface area contributed by atoms with Crippen molar-refractivity contribution in [2.75, 3.05) is 13.2 Å². The van der Waals surface area contributed by atoms with Gasteiger partial charge in [0.2, 0.25) is 5.78 Å². The van der Waals surface area contributed by atoms with E-state index in [-0.39, 0.29) is 23.8 Å². The third-order valence-corrected chi connectivity index (χ3v) is 6.81. The van der Waals surface area contributed by atoms with Crippen LogP contribution in [-0.2, 0) is 17.6 Å². The second-order valence-electron chi connectivity index (χ2n) is 9.28. The van der Waals surface area contributed by atoms with E-state index in [1.165, 1.54) is 10.8 Å². The minimum atomic E-state index is -4.96. The first-order valence-electron chi connectivity index (χ1n) is 10.6. The van der Waals surface area contributed by atoms with Gasteiger partial charge in [-0.05, 0) is 30.7 Å². The van der Waals surface area contributed by atoms with Gasteiger partial charge in [-0.3, -0.25) is 13.8 Å². The molecule has 0 saturated heterocycles. The Morgan fingerprint density at radius 1 is 1.03 bits per heavy atom. The molecule has 13 heteroatoms. The third-order valence-electron chi connectivity index (χ3n) is 5.11. The predicted octanol–water partition coefficient (Wildman–Crippen LogP) is 5.74. The van der Waals surface area contributed by atoms with Crippen molar-refractivity contribution in [3.63, 3.8) is 0 Å². The van der Waals surface area contributed by atoms with Gasteiger partial charge in [0.05, 0.1) is 5.56 Å². The van der Waals surface area contributed by atoms with Gasteiger partial charge in [0.1, 0.15) is 12.5 Å². The second-order valence-corrected chi connectivity index (χ2v) is 14.9. The Hall–Kier alpha value is -2.80. The Kier molecular flexibility index (Phi) is 7.41. The van der Waals surface area contributed by atoms with E-state index in [1.54, 1.807) is 6.92 Å². The van der Waals surface area contributed by atoms with Crippen molar-refractivity contribution >= 4 is 13.9 Å². The summed E-state index contributed by atoms with van der Waals surface area (Å²) < 4.78 is 91.5. The van der Waals surface area contributed by atoms with Crippen LogP contribution in [0.15, 0.2) is 35.3 Å². The summed E-state index contributed by atoms with van der Waals surface area (Å²) >= 11 is 0. The molecule has 0 atom stereocenters. The van der Waals surface area contributed by atoms with E-state index < -0.39 is 43.8 Å². The molecule has 35 heavy (non-hydrogen) atoms. The molecule has 0 unspecified atom stereocenters. The molecule has 3 rings (SSSR count). The van der Waals surface area contributed by atoms with Crippen molar-refractivity contribution in [3.05, 3.63) is 52.2 Å². The Labute approximate surface area is 198 Å². The summed E-state index contributed by atoms with van der Waals surface area (Å²) in [6, 6.07) is 5.18. The molecule has 0 N–H and O–H groups in total. The molecule has 2 heterocycles. The lowest BCUT2D eigenvalue weighted by atomic mass is 10.0. The maximum Gasteiger partial charge on any atom is 0.434 e. The van der Waals surface area contributed by atoms with E-state index in [2.05, 4.69) is 29.4 Å². The standard InChI is InChI=1S/C22H25F6N3O3Si/c1-14-11-30-19(32)17(15-5-7-16(8-6-15)34-12-21(23,24)25)18(22(26,27)28)29-20(30)31(14)13-33-9-10-35(2,3)4/h5-8,11H,9-10,12-13H2,1-4H3. The lowest BCUT2D eigenvalue weighted by molar-refractivity contribution is -0.153. The number of hydrogen-bond acceptors (Lipinski definition) is 4. The molecule has 2 aromatic heterocycles. The average molecular weight is 522 g/mol. The van der Waals surface area contributed by atoms with Crippen molar-refractivity contribution in [1.82, 2.24) is 14.0 Å². The van der Waals surface area contributed by atoms with E-state index in [0.29, 0.717) is 12.3 Å². The maximum atomic E-state index is 14.0. The number of imidazole rings is 1. The number of ether oxygens (including phenoxy) is 2. The summed E-state index contributed by atoms with van der Waals surface area (Å²) in [7, 11) is -1.37. The number of fused-ring (bicyclic) bond motifs is 1. The van der Waals surface area contributed by atoms with Gasteiger partial charge in [-0.15, -0.1) is 0 Å². The second kappa shape index (κ2) is 9.68. The molecule has 6 nitrogen and oxygen atoms in total. The van der Waals surface area contributed by atoms with Crippen LogP contribution in [0.2, 0.25) is 25.7 Å². The summed E-state index contributed by atoms with van der Waals surface area (Å²) in [4.78, 5) is 16.9. The monoisotopic (exact) mass is 521 g/mol. The average Bonchev–Trinajstić information content (AvgIpc) is 3.04. The minimum absolute atomic E-state index is 0.0683. The fourth-order valence-corrected chi connectivity index (χ4v) is 4.04. The van der Waals surface area contributed by atoms with Gasteiger partial charge >= 0.3 is 12.4 Å². The van der Waals surface area contributed by atoms with Crippen LogP contribution >= 0.6 is 0 Å². The molecule has 0 saturated carbocycles. The summed E-state index contributed by atoms with van der Waals surface area (Å²) in [5, 5.41) is 0. The maximum absolute atomic E-state index is 14.0. The molecule has 3 aromatic rings. The Bertz CT molecular complexity index is 1240. The lowest BCUT2D eigenvalue weighted by Crippen LogP contribution is -2.24. The summed E-state index contributed by atoms with van der Waals surface area (Å²) in [5.74, 6) is -0.423. The van der Waals surface area contributed by atoms with E-state index in [9.17, 15) is 31.1 Å². The molecule has 0 bridgehead atoms. The number of aromatic nitrogens is 3. The number of alkyl halides is 6. The molecule has 0 radical (unpaired) electrons. The van der Waals surface area contributed by atoms with E-state index in [4.69, 9.17) is 4.74 Å². The molecule has 0 aliphatic carbocycles. The van der Waals surface area contributed by atoms with Crippen LogP contribution < -0.4 is 10.3 Å². The predicted molar refractivity (Wildman–Crippen MR) is 120 cm³/mol. The van der Waals surface area contributed by atoms with E-state index in [1.807, 2.05) is 0 Å². The zero-order chi connectivity index (χ0) is 26.2. The van der Waals surface area contributed by atoms with E-state index >= 15 is 0 Å². The highest BCUT2D eigenvalue weighted by atomic mass is 28.3. The number of halogens is 6. The van der Waals surface area contributed by atoms with Crippen molar-refractivity contribution in [1.29, 1.82) is 0 Å². The van der Waals surface area contributed by atoms with Gasteiger partial charge in [-0.25, -0.2) is 4.98 Å². The van der Waals surface area contributed by atoms with Crippen LogP contribution in [-0.4, -0.2) is 41.4 Å². The van der Waals surface area contributed by atoms with Gasteiger partial charge in [0.25, 0.3) is 5.56 Å². The fourth-order valence-electron chi connectivity index (χ4n) is 3.29. The molecule has 0 spiro atoms. The molecule has 0 aliphatic rings. The van der Waals surface area contributed by atoms with Crippen LogP contribution in [0.1, 0.15) is 11.4 Å². The van der Waals surface area contributed by atoms with Crippen molar-refractivity contribution in [3.8, 4) is 16.9 Å². The highest BCUT2D eigenvalue weighted by Crippen LogP contribution is 2.35. The van der Waals surface area contributed by atoms with Crippen LogP contribution in [0, 0.1) is 6.92 Å². The van der Waals surface area contributed by atoms with Crippen molar-refractivity contribution < 1.29 is 35.8 Å². The van der Waals surface area contributed by atoms with Crippen LogP contribution in [0.3, 0.4) is 0 Å². The van der Waals surface area contributed by atoms with Gasteiger partial charge in [0.15, 0.2) is 12.3 Å². The quantitative estimate of drug-likeness (QED) is 0.215. The SMILES string of the molecule is Cc1cn2c(=O)c(-c3ccc(OCC(F)(F)F)cc3)c(C(F)(F)F)nc2n1COCC[Si](C)(C)C. The first kappa shape index (κ1) is 26.8. The first-order chi connectivity index (χ1) is 16.1. The van der Waals surface area contributed by atoms with Crippen LogP contribution in [0.4, 0.5) is 26.3 Å². The van der Waals surface area contributed by atoms with Gasteiger partial charge in [-0.2, -0.15) is 26.3 Å². The number of aryl methyl sites for hydroxylation is 1. The van der Waals surface area contributed by atoms with Crippen molar-refractivity contribution in [2.45, 2.75) is 51.7 Å². The Morgan fingerprint density at radius 3 is 2.20 bits per heavy atom. The number of benzene rings is 1. The largest absolute Gasteiger partial charge is 0.484 e. The number of nitrogens with zero attached hydrogens (tertiary/aromatic N) is 3. The Morgan fingerprint density at radius 2 is 1.66 bits per heavy atom. The molecular weight excluding hydrogens is 496 g/mol. The minimum Gasteiger partial charge on any atom is -0.484 e. The highest BCUT2D eigenvalue weighted by molar-refractivity contribution is 6.76. The normalized spacial score (nSPS) is 13.0. The molecule has 0 amide bonds. The summed E-state index contributed by atoms with van der Waals surface area (Å²) in [6.07, 6.45) is -8.16. The zero-order valence-corrected chi connectivity index (χ0v) is 20.5. The molecule has 0 aliphatic heterocycles. The lowest BCUT2D eigenvalue weighted by Gasteiger charge is -2.16. The fraction of sp³-hybridized carbons (Fsp3) is 0.455. The Balaban J connectivity index is 2.02. The number of rotatable bonds is 8. The van der Waals surface area contributed by atoms with Gasteiger partial charge in [0, 0.05) is 26.6 Å². The summed E-state index contributed by atoms with van der Waals surface area (Å²) in [6.45, 7) is 6.93. The van der Waals surface area contributed by atoms with Crippen molar-refractivity contribution in [2.24, 2.45) is 0 Å².